The van der Waals surface area contributed by atoms with Crippen LogP contribution in [0.2, 0.25) is 10.3 Å². The first kappa shape index (κ1) is 13.7. The fourth-order valence-corrected chi connectivity index (χ4v) is 2.22. The van der Waals surface area contributed by atoms with Gasteiger partial charge in [-0.3, -0.25) is 0 Å². The highest BCUT2D eigenvalue weighted by Crippen LogP contribution is 2.28. The van der Waals surface area contributed by atoms with Crippen LogP contribution in [-0.2, 0) is 11.2 Å². The quantitative estimate of drug-likeness (QED) is 0.780. The summed E-state index contributed by atoms with van der Waals surface area (Å²) in [5, 5.41) is 0.876. The van der Waals surface area contributed by atoms with Gasteiger partial charge in [-0.1, -0.05) is 37.0 Å². The number of ether oxygens (including phenoxy) is 1. The Morgan fingerprint density at radius 2 is 1.62 bits per heavy atom. The van der Waals surface area contributed by atoms with Crippen LogP contribution in [0.1, 0.15) is 38.1 Å². The van der Waals surface area contributed by atoms with Gasteiger partial charge in [0.15, 0.2) is 0 Å². The first-order valence-electron chi connectivity index (χ1n) is 5.20. The van der Waals surface area contributed by atoms with E-state index in [1.807, 2.05) is 20.8 Å². The second kappa shape index (κ2) is 5.80. The molecule has 0 saturated carbocycles. The van der Waals surface area contributed by atoms with Gasteiger partial charge in [-0.05, 0) is 12.8 Å². The number of halogens is 2. The molecule has 0 aromatic carbocycles. The van der Waals surface area contributed by atoms with E-state index in [9.17, 15) is 0 Å². The first-order chi connectivity index (χ1) is 7.45. The smallest absolute Gasteiger partial charge is 0.137 e. The minimum atomic E-state index is 0.0528. The van der Waals surface area contributed by atoms with Crippen molar-refractivity contribution in [3.8, 4) is 0 Å². The Balaban J connectivity index is 3.00. The number of aromatic nitrogens is 2. The lowest BCUT2D eigenvalue weighted by atomic mass is 10.1. The third-order valence-electron chi connectivity index (χ3n) is 2.35. The molecule has 0 amide bonds. The molecule has 90 valence electrons. The normalized spacial score (nSPS) is 13.2. The minimum absolute atomic E-state index is 0.0528. The summed E-state index contributed by atoms with van der Waals surface area (Å²) in [4.78, 5) is 8.47. The molecule has 16 heavy (non-hydrogen) atoms. The van der Waals surface area contributed by atoms with E-state index in [-0.39, 0.29) is 12.0 Å². The Labute approximate surface area is 106 Å². The highest BCUT2D eigenvalue weighted by Gasteiger charge is 2.15. The van der Waals surface area contributed by atoms with Gasteiger partial charge in [0.05, 0.1) is 6.10 Å². The van der Waals surface area contributed by atoms with Crippen LogP contribution in [0.3, 0.4) is 0 Å². The lowest BCUT2D eigenvalue weighted by molar-refractivity contribution is 0.117. The number of methoxy groups -OCH3 is 1. The molecule has 1 heterocycles. The Hall–Kier alpha value is -0.380. The highest BCUT2D eigenvalue weighted by molar-refractivity contribution is 6.34. The molecule has 0 bridgehead atoms. The second-order valence-electron chi connectivity index (χ2n) is 4.04. The molecule has 5 heteroatoms. The van der Waals surface area contributed by atoms with Gasteiger partial charge in [0, 0.05) is 19.1 Å². The molecule has 1 unspecified atom stereocenters. The van der Waals surface area contributed by atoms with Crippen LogP contribution >= 0.6 is 23.2 Å². The summed E-state index contributed by atoms with van der Waals surface area (Å²) in [6, 6.07) is 0. The molecule has 0 aliphatic carbocycles. The molecule has 0 fully saturated rings. The van der Waals surface area contributed by atoms with Crippen molar-refractivity contribution in [2.45, 2.75) is 39.2 Å². The van der Waals surface area contributed by atoms with Gasteiger partial charge in [-0.15, -0.1) is 0 Å². The Morgan fingerprint density at radius 1 is 1.12 bits per heavy atom. The topological polar surface area (TPSA) is 35.0 Å². The van der Waals surface area contributed by atoms with E-state index >= 15 is 0 Å². The summed E-state index contributed by atoms with van der Waals surface area (Å²) in [5.41, 5.74) is 0.803. The van der Waals surface area contributed by atoms with Gasteiger partial charge in [0.1, 0.15) is 16.1 Å². The number of nitrogens with zero attached hydrogens (tertiary/aromatic N) is 2. The Morgan fingerprint density at radius 3 is 2.00 bits per heavy atom. The van der Waals surface area contributed by atoms with Crippen LogP contribution in [0.25, 0.3) is 0 Å². The van der Waals surface area contributed by atoms with Crippen LogP contribution in [-0.4, -0.2) is 23.2 Å². The summed E-state index contributed by atoms with van der Waals surface area (Å²) < 4.78 is 5.15. The largest absolute Gasteiger partial charge is 0.381 e. The van der Waals surface area contributed by atoms with Crippen molar-refractivity contribution in [3.05, 3.63) is 21.7 Å². The fraction of sp³-hybridized carbons (Fsp3) is 0.636. The van der Waals surface area contributed by atoms with Gasteiger partial charge < -0.3 is 4.74 Å². The molecular weight excluding hydrogens is 247 g/mol. The van der Waals surface area contributed by atoms with Crippen molar-refractivity contribution in [3.63, 3.8) is 0 Å². The predicted octanol–water partition coefficient (Wildman–Crippen LogP) is 3.48. The maximum absolute atomic E-state index is 6.08. The predicted molar refractivity (Wildman–Crippen MR) is 66.3 cm³/mol. The van der Waals surface area contributed by atoms with Gasteiger partial charge in [-0.2, -0.15) is 0 Å². The summed E-state index contributed by atoms with van der Waals surface area (Å²) in [6.07, 6.45) is 0.658. The molecule has 0 aliphatic rings. The monoisotopic (exact) mass is 262 g/mol. The van der Waals surface area contributed by atoms with Gasteiger partial charge in [-0.25, -0.2) is 9.97 Å². The molecule has 1 atom stereocenters. The summed E-state index contributed by atoms with van der Waals surface area (Å²) in [5.74, 6) is 0.836. The van der Waals surface area contributed by atoms with Crippen LogP contribution in [0.15, 0.2) is 0 Å². The van der Waals surface area contributed by atoms with Crippen LogP contribution < -0.4 is 0 Å². The van der Waals surface area contributed by atoms with Crippen molar-refractivity contribution in [2.24, 2.45) is 0 Å². The van der Waals surface area contributed by atoms with E-state index < -0.39 is 0 Å². The van der Waals surface area contributed by atoms with E-state index in [0.29, 0.717) is 22.6 Å². The van der Waals surface area contributed by atoms with Crippen LogP contribution in [0, 0.1) is 0 Å². The molecule has 0 saturated heterocycles. The van der Waals surface area contributed by atoms with E-state index in [4.69, 9.17) is 27.9 Å². The van der Waals surface area contributed by atoms with Crippen molar-refractivity contribution in [2.75, 3.05) is 7.11 Å². The molecule has 1 aromatic heterocycles. The maximum atomic E-state index is 6.08. The average molecular weight is 263 g/mol. The summed E-state index contributed by atoms with van der Waals surface area (Å²) in [6.45, 7) is 5.96. The third-order valence-corrected chi connectivity index (χ3v) is 2.92. The van der Waals surface area contributed by atoms with Crippen molar-refractivity contribution >= 4 is 23.2 Å². The minimum Gasteiger partial charge on any atom is -0.381 e. The molecule has 0 spiro atoms. The van der Waals surface area contributed by atoms with Crippen molar-refractivity contribution in [1.82, 2.24) is 9.97 Å². The first-order valence-corrected chi connectivity index (χ1v) is 5.95. The van der Waals surface area contributed by atoms with Crippen molar-refractivity contribution in [1.29, 1.82) is 0 Å². The maximum Gasteiger partial charge on any atom is 0.137 e. The lowest BCUT2D eigenvalue weighted by Gasteiger charge is -2.12. The van der Waals surface area contributed by atoms with Gasteiger partial charge in [0.2, 0.25) is 0 Å². The SMILES string of the molecule is COC(C)Cc1nc(Cl)c(C(C)C)c(Cl)n1. The second-order valence-corrected chi connectivity index (χ2v) is 4.76. The van der Waals surface area contributed by atoms with E-state index in [2.05, 4.69) is 9.97 Å². The van der Waals surface area contributed by atoms with E-state index in [0.717, 1.165) is 5.56 Å². The van der Waals surface area contributed by atoms with Crippen LogP contribution in [0.4, 0.5) is 0 Å². The molecule has 0 radical (unpaired) electrons. The molecule has 0 aliphatic heterocycles. The highest BCUT2D eigenvalue weighted by atomic mass is 35.5. The number of hydrogen-bond donors (Lipinski definition) is 0. The zero-order valence-corrected chi connectivity index (χ0v) is 11.4. The van der Waals surface area contributed by atoms with E-state index in [1.165, 1.54) is 0 Å². The Bertz CT molecular complexity index is 346. The summed E-state index contributed by atoms with van der Waals surface area (Å²) in [7, 11) is 1.65. The standard InChI is InChI=1S/C11H16Cl2N2O/c1-6(2)9-10(12)14-8(15-11(9)13)5-7(3)16-4/h6-7H,5H2,1-4H3. The average Bonchev–Trinajstić information content (AvgIpc) is 2.15. The number of hydrogen-bond acceptors (Lipinski definition) is 3. The molecule has 1 aromatic rings. The Kier molecular flexibility index (Phi) is 4.96. The van der Waals surface area contributed by atoms with Crippen molar-refractivity contribution < 1.29 is 4.74 Å². The molecule has 1 rings (SSSR count). The zero-order chi connectivity index (χ0) is 12.3. The van der Waals surface area contributed by atoms with Gasteiger partial charge in [0.25, 0.3) is 0 Å². The van der Waals surface area contributed by atoms with Crippen LogP contribution in [0.5, 0.6) is 0 Å². The van der Waals surface area contributed by atoms with Gasteiger partial charge >= 0.3 is 0 Å². The molecule has 3 nitrogen and oxygen atoms in total. The summed E-state index contributed by atoms with van der Waals surface area (Å²) >= 11 is 12.2. The lowest BCUT2D eigenvalue weighted by Crippen LogP contribution is -2.12. The number of rotatable bonds is 4. The third kappa shape index (κ3) is 3.30. The zero-order valence-electron chi connectivity index (χ0n) is 9.92. The van der Waals surface area contributed by atoms with E-state index in [1.54, 1.807) is 7.11 Å². The molecule has 0 N–H and O–H groups in total. The molecular formula is C11H16Cl2N2O. The fourth-order valence-electron chi connectivity index (χ4n) is 1.37.